The normalized spacial score (nSPS) is 12.3. The van der Waals surface area contributed by atoms with E-state index in [0.717, 1.165) is 32.4 Å². The average molecular weight is 270 g/mol. The van der Waals surface area contributed by atoms with Gasteiger partial charge in [0.15, 0.2) is 0 Å². The summed E-state index contributed by atoms with van der Waals surface area (Å²) in [5, 5.41) is 0. The van der Waals surface area contributed by atoms with E-state index in [4.69, 9.17) is 5.73 Å². The van der Waals surface area contributed by atoms with E-state index in [-0.39, 0.29) is 11.4 Å². The van der Waals surface area contributed by atoms with Gasteiger partial charge in [0.25, 0.3) is 0 Å². The molecule has 0 atom stereocenters. The highest BCUT2D eigenvalue weighted by Crippen LogP contribution is 2.12. The van der Waals surface area contributed by atoms with Crippen molar-refractivity contribution in [1.29, 1.82) is 0 Å². The maximum atomic E-state index is 12.3. The van der Waals surface area contributed by atoms with Crippen molar-refractivity contribution in [3.8, 4) is 0 Å². The number of hydrogen-bond acceptors (Lipinski definition) is 2. The predicted molar refractivity (Wildman–Crippen MR) is 83.0 cm³/mol. The van der Waals surface area contributed by atoms with E-state index in [1.165, 1.54) is 0 Å². The van der Waals surface area contributed by atoms with Gasteiger partial charge in [-0.05, 0) is 44.9 Å². The Morgan fingerprint density at radius 3 is 1.79 bits per heavy atom. The molecular formula is C16H34N2O. The third kappa shape index (κ3) is 11.0. The Labute approximate surface area is 119 Å². The van der Waals surface area contributed by atoms with Crippen molar-refractivity contribution in [3.05, 3.63) is 0 Å². The van der Waals surface area contributed by atoms with Gasteiger partial charge in [0, 0.05) is 25.0 Å². The summed E-state index contributed by atoms with van der Waals surface area (Å²) < 4.78 is 0. The minimum absolute atomic E-state index is 0.253. The van der Waals surface area contributed by atoms with Gasteiger partial charge in [-0.2, -0.15) is 0 Å². The molecule has 0 spiro atoms. The van der Waals surface area contributed by atoms with Crippen LogP contribution in [0.4, 0.5) is 0 Å². The first kappa shape index (κ1) is 18.4. The smallest absolute Gasteiger partial charge is 0.222 e. The Balaban J connectivity index is 4.32. The molecule has 0 aliphatic rings. The molecule has 0 aliphatic carbocycles. The molecule has 0 bridgehead atoms. The van der Waals surface area contributed by atoms with Crippen LogP contribution in [0.15, 0.2) is 0 Å². The monoisotopic (exact) mass is 270 g/mol. The number of amides is 1. The summed E-state index contributed by atoms with van der Waals surface area (Å²) in [4.78, 5) is 14.3. The van der Waals surface area contributed by atoms with E-state index in [0.29, 0.717) is 18.3 Å². The highest BCUT2D eigenvalue weighted by molar-refractivity contribution is 5.76. The van der Waals surface area contributed by atoms with Gasteiger partial charge in [-0.3, -0.25) is 4.79 Å². The van der Waals surface area contributed by atoms with Crippen molar-refractivity contribution < 1.29 is 4.79 Å². The van der Waals surface area contributed by atoms with Gasteiger partial charge in [0.1, 0.15) is 0 Å². The lowest BCUT2D eigenvalue weighted by molar-refractivity contribution is -0.131. The SMILES string of the molecule is CC(C)CCN(CCC(C)C)C(=O)CCC(C)(C)N. The van der Waals surface area contributed by atoms with Gasteiger partial charge in [-0.15, -0.1) is 0 Å². The third-order valence-corrected chi connectivity index (χ3v) is 3.29. The van der Waals surface area contributed by atoms with E-state index >= 15 is 0 Å². The minimum atomic E-state index is -0.253. The molecule has 0 aliphatic heterocycles. The first-order chi connectivity index (χ1) is 8.61. The van der Waals surface area contributed by atoms with Crippen LogP contribution >= 0.6 is 0 Å². The van der Waals surface area contributed by atoms with Crippen LogP contribution < -0.4 is 5.73 Å². The number of carbonyl (C=O) groups excluding carboxylic acids is 1. The molecule has 0 radical (unpaired) electrons. The van der Waals surface area contributed by atoms with Crippen LogP contribution in [-0.2, 0) is 4.79 Å². The summed E-state index contributed by atoms with van der Waals surface area (Å²) in [6.07, 6.45) is 3.48. The van der Waals surface area contributed by atoms with Gasteiger partial charge in [0.2, 0.25) is 5.91 Å². The zero-order valence-corrected chi connectivity index (χ0v) is 13.8. The van der Waals surface area contributed by atoms with E-state index in [2.05, 4.69) is 27.7 Å². The molecule has 0 aromatic carbocycles. The van der Waals surface area contributed by atoms with Gasteiger partial charge >= 0.3 is 0 Å². The van der Waals surface area contributed by atoms with E-state index in [1.54, 1.807) is 0 Å². The summed E-state index contributed by atoms with van der Waals surface area (Å²) in [6.45, 7) is 14.5. The molecule has 0 aromatic rings. The maximum absolute atomic E-state index is 12.3. The fraction of sp³-hybridized carbons (Fsp3) is 0.938. The molecule has 114 valence electrons. The molecule has 19 heavy (non-hydrogen) atoms. The van der Waals surface area contributed by atoms with Crippen LogP contribution in [0.1, 0.15) is 67.2 Å². The van der Waals surface area contributed by atoms with Crippen molar-refractivity contribution in [3.63, 3.8) is 0 Å². The molecule has 0 saturated carbocycles. The second-order valence-corrected chi connectivity index (χ2v) is 7.23. The number of nitrogens with zero attached hydrogens (tertiary/aromatic N) is 1. The molecule has 0 aromatic heterocycles. The zero-order valence-electron chi connectivity index (χ0n) is 13.8. The molecular weight excluding hydrogens is 236 g/mol. The van der Waals surface area contributed by atoms with Crippen molar-refractivity contribution >= 4 is 5.91 Å². The molecule has 0 heterocycles. The summed E-state index contributed by atoms with van der Waals surface area (Å²) in [5.74, 6) is 1.54. The fourth-order valence-electron chi connectivity index (χ4n) is 1.78. The zero-order chi connectivity index (χ0) is 15.1. The molecule has 0 saturated heterocycles. The lowest BCUT2D eigenvalue weighted by Gasteiger charge is -2.26. The van der Waals surface area contributed by atoms with Crippen molar-refractivity contribution in [1.82, 2.24) is 4.90 Å². The predicted octanol–water partition coefficient (Wildman–Crippen LogP) is 3.42. The lowest BCUT2D eigenvalue weighted by atomic mass is 9.99. The van der Waals surface area contributed by atoms with Crippen LogP contribution in [0.25, 0.3) is 0 Å². The Bertz CT molecular complexity index is 242. The Morgan fingerprint density at radius 1 is 1.05 bits per heavy atom. The summed E-state index contributed by atoms with van der Waals surface area (Å²) in [5.41, 5.74) is 5.70. The van der Waals surface area contributed by atoms with Crippen LogP contribution in [-0.4, -0.2) is 29.4 Å². The average Bonchev–Trinajstić information content (AvgIpc) is 2.24. The van der Waals surface area contributed by atoms with Crippen LogP contribution in [0.2, 0.25) is 0 Å². The van der Waals surface area contributed by atoms with E-state index in [9.17, 15) is 4.79 Å². The minimum Gasteiger partial charge on any atom is -0.343 e. The highest BCUT2D eigenvalue weighted by Gasteiger charge is 2.18. The van der Waals surface area contributed by atoms with Gasteiger partial charge < -0.3 is 10.6 Å². The Kier molecular flexibility index (Phi) is 8.31. The second-order valence-electron chi connectivity index (χ2n) is 7.23. The largest absolute Gasteiger partial charge is 0.343 e. The summed E-state index contributed by atoms with van der Waals surface area (Å²) in [6, 6.07) is 0. The van der Waals surface area contributed by atoms with Crippen LogP contribution in [0, 0.1) is 11.8 Å². The number of carbonyl (C=O) groups is 1. The maximum Gasteiger partial charge on any atom is 0.222 e. The van der Waals surface area contributed by atoms with Gasteiger partial charge in [-0.1, -0.05) is 27.7 Å². The molecule has 3 heteroatoms. The van der Waals surface area contributed by atoms with Crippen molar-refractivity contribution in [2.75, 3.05) is 13.1 Å². The first-order valence-electron chi connectivity index (χ1n) is 7.68. The Morgan fingerprint density at radius 2 is 1.47 bits per heavy atom. The fourth-order valence-corrected chi connectivity index (χ4v) is 1.78. The number of rotatable bonds is 9. The topological polar surface area (TPSA) is 46.3 Å². The summed E-state index contributed by atoms with van der Waals surface area (Å²) >= 11 is 0. The number of hydrogen-bond donors (Lipinski definition) is 1. The lowest BCUT2D eigenvalue weighted by Crippen LogP contribution is -2.37. The second kappa shape index (κ2) is 8.57. The van der Waals surface area contributed by atoms with Gasteiger partial charge in [-0.25, -0.2) is 0 Å². The summed E-state index contributed by atoms with van der Waals surface area (Å²) in [7, 11) is 0. The van der Waals surface area contributed by atoms with E-state index < -0.39 is 0 Å². The standard InChI is InChI=1S/C16H34N2O/c1-13(2)8-11-18(12-9-14(3)4)15(19)7-10-16(5,6)17/h13-14H,7-12,17H2,1-6H3. The molecule has 1 amide bonds. The first-order valence-corrected chi connectivity index (χ1v) is 7.68. The molecule has 0 rings (SSSR count). The van der Waals surface area contributed by atoms with Crippen LogP contribution in [0.3, 0.4) is 0 Å². The highest BCUT2D eigenvalue weighted by atomic mass is 16.2. The van der Waals surface area contributed by atoms with Crippen molar-refractivity contribution in [2.45, 2.75) is 72.8 Å². The molecule has 0 fully saturated rings. The number of nitrogens with two attached hydrogens (primary N) is 1. The molecule has 0 unspecified atom stereocenters. The molecule has 2 N–H and O–H groups in total. The van der Waals surface area contributed by atoms with E-state index in [1.807, 2.05) is 18.7 Å². The third-order valence-electron chi connectivity index (χ3n) is 3.29. The van der Waals surface area contributed by atoms with Crippen molar-refractivity contribution in [2.24, 2.45) is 17.6 Å². The quantitative estimate of drug-likeness (QED) is 0.698. The molecule has 3 nitrogen and oxygen atoms in total. The van der Waals surface area contributed by atoms with Crippen LogP contribution in [0.5, 0.6) is 0 Å². The Hall–Kier alpha value is -0.570. The van der Waals surface area contributed by atoms with Gasteiger partial charge in [0.05, 0.1) is 0 Å².